The summed E-state index contributed by atoms with van der Waals surface area (Å²) in [6.07, 6.45) is 0. The lowest BCUT2D eigenvalue weighted by atomic mass is 10.2. The standard InChI is InChI=1S/C7H6F2N/c1-4-2-3-5(10)7(9)6(4)8/h2-3H,1,10H2. The Bertz CT molecular complexity index is 231. The van der Waals surface area contributed by atoms with E-state index in [1.807, 2.05) is 0 Å². The summed E-state index contributed by atoms with van der Waals surface area (Å²) in [4.78, 5) is 0. The van der Waals surface area contributed by atoms with E-state index in [1.54, 1.807) is 0 Å². The maximum absolute atomic E-state index is 12.5. The van der Waals surface area contributed by atoms with Gasteiger partial charge in [-0.25, -0.2) is 8.78 Å². The summed E-state index contributed by atoms with van der Waals surface area (Å²) < 4.78 is 24.9. The second kappa shape index (κ2) is 2.25. The Morgan fingerprint density at radius 3 is 2.30 bits per heavy atom. The van der Waals surface area contributed by atoms with E-state index in [-0.39, 0.29) is 11.3 Å². The van der Waals surface area contributed by atoms with Crippen LogP contribution in [0.1, 0.15) is 5.56 Å². The topological polar surface area (TPSA) is 26.0 Å². The summed E-state index contributed by atoms with van der Waals surface area (Å²) in [6, 6.07) is 2.61. The second-order valence-electron chi connectivity index (χ2n) is 1.94. The first-order valence-electron chi connectivity index (χ1n) is 2.68. The molecule has 1 nitrogen and oxygen atoms in total. The van der Waals surface area contributed by atoms with Crippen LogP contribution in [0.5, 0.6) is 0 Å². The van der Waals surface area contributed by atoms with Gasteiger partial charge < -0.3 is 5.73 Å². The Morgan fingerprint density at radius 1 is 1.20 bits per heavy atom. The molecule has 0 amide bonds. The van der Waals surface area contributed by atoms with Crippen molar-refractivity contribution in [2.75, 3.05) is 5.73 Å². The molecule has 10 heavy (non-hydrogen) atoms. The zero-order valence-corrected chi connectivity index (χ0v) is 5.20. The molecule has 0 bridgehead atoms. The number of hydrogen-bond acceptors (Lipinski definition) is 1. The molecule has 0 aliphatic heterocycles. The lowest BCUT2D eigenvalue weighted by Gasteiger charge is -1.98. The minimum absolute atomic E-state index is 0.0201. The van der Waals surface area contributed by atoms with Crippen LogP contribution in [0.4, 0.5) is 14.5 Å². The molecule has 2 N–H and O–H groups in total. The normalized spacial score (nSPS) is 9.90. The molecular weight excluding hydrogens is 136 g/mol. The molecule has 0 saturated carbocycles. The summed E-state index contributed by atoms with van der Waals surface area (Å²) in [5, 5.41) is 0. The monoisotopic (exact) mass is 142 g/mol. The van der Waals surface area contributed by atoms with Crippen LogP contribution < -0.4 is 5.73 Å². The molecule has 1 rings (SSSR count). The van der Waals surface area contributed by atoms with Crippen LogP contribution in [0.3, 0.4) is 0 Å². The Kier molecular flexibility index (Phi) is 1.57. The highest BCUT2D eigenvalue weighted by Gasteiger charge is 2.06. The van der Waals surface area contributed by atoms with Gasteiger partial charge in [0.25, 0.3) is 0 Å². The molecule has 0 fully saturated rings. The smallest absolute Gasteiger partial charge is 0.181 e. The molecule has 0 aliphatic rings. The van der Waals surface area contributed by atoms with E-state index in [2.05, 4.69) is 6.92 Å². The number of rotatable bonds is 0. The molecule has 53 valence electrons. The minimum Gasteiger partial charge on any atom is -0.396 e. The van der Waals surface area contributed by atoms with Crippen LogP contribution in [0, 0.1) is 18.6 Å². The lowest BCUT2D eigenvalue weighted by molar-refractivity contribution is 0.509. The molecule has 0 atom stereocenters. The van der Waals surface area contributed by atoms with Crippen molar-refractivity contribution in [2.45, 2.75) is 0 Å². The molecule has 1 aromatic rings. The lowest BCUT2D eigenvalue weighted by Crippen LogP contribution is -1.95. The van der Waals surface area contributed by atoms with Crippen molar-refractivity contribution in [2.24, 2.45) is 0 Å². The molecule has 1 aromatic carbocycles. The van der Waals surface area contributed by atoms with Crippen molar-refractivity contribution in [3.8, 4) is 0 Å². The van der Waals surface area contributed by atoms with E-state index in [9.17, 15) is 8.78 Å². The first-order chi connectivity index (χ1) is 4.63. The van der Waals surface area contributed by atoms with Gasteiger partial charge in [0.1, 0.15) is 0 Å². The van der Waals surface area contributed by atoms with Crippen LogP contribution in [-0.4, -0.2) is 0 Å². The minimum atomic E-state index is -1.02. The third-order valence-electron chi connectivity index (χ3n) is 1.19. The van der Waals surface area contributed by atoms with Crippen molar-refractivity contribution >= 4 is 5.69 Å². The zero-order valence-electron chi connectivity index (χ0n) is 5.20. The molecule has 0 spiro atoms. The number of hydrogen-bond donors (Lipinski definition) is 1. The van der Waals surface area contributed by atoms with Crippen LogP contribution in [-0.2, 0) is 0 Å². The summed E-state index contributed by atoms with van der Waals surface area (Å²) >= 11 is 0. The third-order valence-corrected chi connectivity index (χ3v) is 1.19. The fraction of sp³-hybridized carbons (Fsp3) is 0. The molecule has 1 radical (unpaired) electrons. The van der Waals surface area contributed by atoms with E-state index in [0.717, 1.165) is 0 Å². The van der Waals surface area contributed by atoms with Crippen molar-refractivity contribution in [3.05, 3.63) is 36.3 Å². The Labute approximate surface area is 57.5 Å². The molecule has 0 aliphatic carbocycles. The Hall–Kier alpha value is -1.12. The van der Waals surface area contributed by atoms with Gasteiger partial charge in [-0.15, -0.1) is 0 Å². The van der Waals surface area contributed by atoms with Gasteiger partial charge in [0.2, 0.25) is 0 Å². The van der Waals surface area contributed by atoms with Crippen LogP contribution in [0.15, 0.2) is 12.1 Å². The highest BCUT2D eigenvalue weighted by Crippen LogP contribution is 2.16. The van der Waals surface area contributed by atoms with Gasteiger partial charge in [-0.2, -0.15) is 0 Å². The zero-order chi connectivity index (χ0) is 7.72. The van der Waals surface area contributed by atoms with Gasteiger partial charge in [0.15, 0.2) is 11.6 Å². The number of anilines is 1. The SMILES string of the molecule is [CH2]c1ccc(N)c(F)c1F. The van der Waals surface area contributed by atoms with Crippen molar-refractivity contribution in [3.63, 3.8) is 0 Å². The summed E-state index contributed by atoms with van der Waals surface area (Å²) in [6.45, 7) is 3.25. The van der Waals surface area contributed by atoms with Crippen molar-refractivity contribution in [1.82, 2.24) is 0 Å². The molecular formula is C7H6F2N. The fourth-order valence-corrected chi connectivity index (χ4v) is 0.604. The van der Waals surface area contributed by atoms with E-state index in [1.165, 1.54) is 12.1 Å². The fourth-order valence-electron chi connectivity index (χ4n) is 0.604. The van der Waals surface area contributed by atoms with E-state index < -0.39 is 11.6 Å². The Balaban J connectivity index is 3.34. The number of nitrogen functional groups attached to an aromatic ring is 1. The maximum Gasteiger partial charge on any atom is 0.181 e. The summed E-state index contributed by atoms with van der Waals surface area (Å²) in [5.74, 6) is -1.99. The first-order valence-corrected chi connectivity index (χ1v) is 2.68. The van der Waals surface area contributed by atoms with E-state index in [0.29, 0.717) is 0 Å². The van der Waals surface area contributed by atoms with Gasteiger partial charge in [-0.3, -0.25) is 0 Å². The van der Waals surface area contributed by atoms with E-state index in [4.69, 9.17) is 5.73 Å². The number of halogens is 2. The molecule has 0 aromatic heterocycles. The quantitative estimate of drug-likeness (QED) is 0.548. The largest absolute Gasteiger partial charge is 0.396 e. The summed E-state index contributed by atoms with van der Waals surface area (Å²) in [5.41, 5.74) is 4.88. The van der Waals surface area contributed by atoms with Gasteiger partial charge in [-0.05, 0) is 18.6 Å². The molecule has 0 saturated heterocycles. The van der Waals surface area contributed by atoms with Crippen LogP contribution >= 0.6 is 0 Å². The third kappa shape index (κ3) is 0.943. The first kappa shape index (κ1) is 6.99. The summed E-state index contributed by atoms with van der Waals surface area (Å²) in [7, 11) is 0. The maximum atomic E-state index is 12.5. The highest BCUT2D eigenvalue weighted by molar-refractivity contribution is 5.42. The van der Waals surface area contributed by atoms with Crippen molar-refractivity contribution < 1.29 is 8.78 Å². The second-order valence-corrected chi connectivity index (χ2v) is 1.94. The van der Waals surface area contributed by atoms with Gasteiger partial charge in [-0.1, -0.05) is 6.07 Å². The predicted octanol–water partition coefficient (Wildman–Crippen LogP) is 1.73. The molecule has 0 unspecified atom stereocenters. The average molecular weight is 142 g/mol. The Morgan fingerprint density at radius 2 is 1.80 bits per heavy atom. The van der Waals surface area contributed by atoms with E-state index >= 15 is 0 Å². The van der Waals surface area contributed by atoms with Crippen LogP contribution in [0.2, 0.25) is 0 Å². The average Bonchev–Trinajstić information content (AvgIpc) is 1.93. The highest BCUT2D eigenvalue weighted by atomic mass is 19.2. The van der Waals surface area contributed by atoms with Gasteiger partial charge >= 0.3 is 0 Å². The molecule has 0 heterocycles. The number of benzene rings is 1. The van der Waals surface area contributed by atoms with Crippen molar-refractivity contribution in [1.29, 1.82) is 0 Å². The molecule has 3 heteroatoms. The predicted molar refractivity (Wildman–Crippen MR) is 35.2 cm³/mol. The van der Waals surface area contributed by atoms with Gasteiger partial charge in [0, 0.05) is 0 Å². The van der Waals surface area contributed by atoms with Crippen LogP contribution in [0.25, 0.3) is 0 Å². The number of nitrogens with two attached hydrogens (primary N) is 1. The van der Waals surface area contributed by atoms with Gasteiger partial charge in [0.05, 0.1) is 5.69 Å².